The number of benzene rings is 3. The molecule has 294 valence electrons. The van der Waals surface area contributed by atoms with Crippen molar-refractivity contribution in [1.82, 2.24) is 9.78 Å². The van der Waals surface area contributed by atoms with Crippen LogP contribution in [-0.4, -0.2) is 27.8 Å². The number of nitrogens with one attached hydrogen (secondary N) is 2. The first-order valence-electron chi connectivity index (χ1n) is 20.7. The van der Waals surface area contributed by atoms with E-state index in [1.54, 1.807) is 55.5 Å². The fourth-order valence-electron chi connectivity index (χ4n) is 7.66. The number of hydrogen-bond acceptors (Lipinski definition) is 6. The van der Waals surface area contributed by atoms with Gasteiger partial charge >= 0.3 is 5.97 Å². The molecule has 1 aliphatic carbocycles. The average Bonchev–Trinajstić information content (AvgIpc) is 3.47. The molecule has 1 heterocycles. The highest BCUT2D eigenvalue weighted by molar-refractivity contribution is 6.04. The Kier molecular flexibility index (Phi) is 15.6. The Balaban J connectivity index is 1.14. The first-order valence-corrected chi connectivity index (χ1v) is 20.7. The number of carbonyl (C=O) groups is 2. The molecule has 1 fully saturated rings. The van der Waals surface area contributed by atoms with E-state index in [2.05, 4.69) is 60.5 Å². The van der Waals surface area contributed by atoms with E-state index in [0.717, 1.165) is 31.4 Å². The Labute approximate surface area is 327 Å². The molecule has 3 atom stereocenters. The normalized spacial score (nSPS) is 17.2. The molecule has 3 unspecified atom stereocenters. The van der Waals surface area contributed by atoms with Crippen molar-refractivity contribution in [3.63, 3.8) is 0 Å². The van der Waals surface area contributed by atoms with E-state index < -0.39 is 11.5 Å². The van der Waals surface area contributed by atoms with Crippen LogP contribution in [-0.2, 0) is 11.2 Å². The van der Waals surface area contributed by atoms with Crippen LogP contribution in [0.3, 0.4) is 0 Å². The number of H-pyrrole nitrogens is 1. The zero-order valence-electron chi connectivity index (χ0n) is 33.6. The van der Waals surface area contributed by atoms with Gasteiger partial charge in [0.15, 0.2) is 5.69 Å². The third-order valence-corrected chi connectivity index (χ3v) is 11.1. The van der Waals surface area contributed by atoms with Crippen molar-refractivity contribution in [2.45, 2.75) is 131 Å². The smallest absolute Gasteiger partial charge is 0.340 e. The van der Waals surface area contributed by atoms with Gasteiger partial charge in [0.2, 0.25) is 0 Å². The van der Waals surface area contributed by atoms with Crippen LogP contribution in [0.4, 0.5) is 17.1 Å². The maximum Gasteiger partial charge on any atom is 0.340 e. The Hall–Kier alpha value is -4.79. The van der Waals surface area contributed by atoms with Crippen molar-refractivity contribution in [3.8, 4) is 5.69 Å². The molecule has 9 nitrogen and oxygen atoms in total. The average molecular weight is 748 g/mol. The lowest BCUT2D eigenvalue weighted by Crippen LogP contribution is -2.35. The van der Waals surface area contributed by atoms with Gasteiger partial charge in [-0.25, -0.2) is 9.48 Å². The number of aromatic nitrogens is 2. The molecule has 1 amide bonds. The summed E-state index contributed by atoms with van der Waals surface area (Å²) in [6.45, 7) is 10.6. The summed E-state index contributed by atoms with van der Waals surface area (Å²) in [5.74, 6) is 0.580. The van der Waals surface area contributed by atoms with Gasteiger partial charge in [0, 0.05) is 11.3 Å². The number of hydrogen-bond donors (Lipinski definition) is 2. The van der Waals surface area contributed by atoms with E-state index in [1.165, 1.54) is 74.5 Å². The first kappa shape index (κ1) is 41.4. The largest absolute Gasteiger partial charge is 0.458 e. The molecule has 4 aromatic rings. The monoisotopic (exact) mass is 747 g/mol. The van der Waals surface area contributed by atoms with Gasteiger partial charge in [-0.1, -0.05) is 116 Å². The molecule has 1 saturated carbocycles. The van der Waals surface area contributed by atoms with E-state index in [0.29, 0.717) is 45.9 Å². The summed E-state index contributed by atoms with van der Waals surface area (Å²) in [5, 5.41) is 14.7. The van der Waals surface area contributed by atoms with Crippen molar-refractivity contribution in [3.05, 3.63) is 106 Å². The van der Waals surface area contributed by atoms with Gasteiger partial charge in [0.05, 0.1) is 16.9 Å². The molecule has 3 aromatic carbocycles. The molecule has 0 spiro atoms. The maximum atomic E-state index is 13.5. The molecule has 2 N–H and O–H groups in total. The summed E-state index contributed by atoms with van der Waals surface area (Å²) in [6, 6.07) is 21.8. The Bertz CT molecular complexity index is 1910. The number of esters is 1. The molecule has 5 rings (SSSR count). The van der Waals surface area contributed by atoms with Crippen LogP contribution in [0.25, 0.3) is 5.69 Å². The van der Waals surface area contributed by atoms with E-state index in [4.69, 9.17) is 4.74 Å². The first-order chi connectivity index (χ1) is 26.6. The topological polar surface area (TPSA) is 118 Å². The van der Waals surface area contributed by atoms with Crippen LogP contribution in [0.2, 0.25) is 0 Å². The van der Waals surface area contributed by atoms with Gasteiger partial charge in [-0.2, -0.15) is 0 Å². The molecule has 9 heteroatoms. The zero-order chi connectivity index (χ0) is 39.2. The van der Waals surface area contributed by atoms with Crippen LogP contribution in [0, 0.1) is 24.7 Å². The molecule has 0 aliphatic heterocycles. The summed E-state index contributed by atoms with van der Waals surface area (Å²) in [7, 11) is 0. The van der Waals surface area contributed by atoms with Gasteiger partial charge < -0.3 is 10.1 Å². The lowest BCUT2D eigenvalue weighted by Gasteiger charge is -2.36. The third kappa shape index (κ3) is 11.8. The summed E-state index contributed by atoms with van der Waals surface area (Å²) in [6.07, 6.45) is 17.2. The summed E-state index contributed by atoms with van der Waals surface area (Å²) >= 11 is 0. The third-order valence-electron chi connectivity index (χ3n) is 11.1. The number of azo groups is 1. The minimum atomic E-state index is -0.428. The Morgan fingerprint density at radius 3 is 2.18 bits per heavy atom. The lowest BCUT2D eigenvalue weighted by molar-refractivity contribution is -0.0173. The van der Waals surface area contributed by atoms with Crippen molar-refractivity contribution in [2.75, 3.05) is 5.32 Å². The van der Waals surface area contributed by atoms with Gasteiger partial charge in [0.25, 0.3) is 11.5 Å². The number of rotatable bonds is 19. The van der Waals surface area contributed by atoms with Crippen LogP contribution >= 0.6 is 0 Å². The van der Waals surface area contributed by atoms with Crippen LogP contribution < -0.4 is 10.9 Å². The quantitative estimate of drug-likeness (QED) is 0.0564. The zero-order valence-corrected chi connectivity index (χ0v) is 33.6. The molecule has 0 bridgehead atoms. The SMILES string of the molecule is CCCCCCCCCCCCc1ccc(NC(=O)c2ccc(-n3[nH]c(C)c(N=Nc4ccccc4C(=O)OC4CC(C)CCC4C(C)C)c3=O)cc2)cc1. The molecular formula is C46H61N5O4. The van der Waals surface area contributed by atoms with Crippen LogP contribution in [0.15, 0.2) is 87.8 Å². The van der Waals surface area contributed by atoms with E-state index in [1.807, 2.05) is 12.1 Å². The number of ether oxygens (including phenoxy) is 1. The standard InChI is InChI=1S/C46H61N5O4/c1-6-7-8-9-10-11-12-13-14-15-18-35-22-26-37(27-23-35)47-44(52)36-24-28-38(29-25-36)51-45(53)43(34(5)50-51)49-48-41-20-17-16-19-40(41)46(54)55-42-31-33(4)21-30-39(42)32(2)3/h16-17,19-20,22-29,32-33,39,42,50H,6-15,18,21,30-31H2,1-5H3,(H,47,52). The minimum Gasteiger partial charge on any atom is -0.458 e. The van der Waals surface area contributed by atoms with E-state index >= 15 is 0 Å². The Morgan fingerprint density at radius 1 is 0.855 bits per heavy atom. The minimum absolute atomic E-state index is 0.127. The second-order valence-electron chi connectivity index (χ2n) is 15.8. The van der Waals surface area contributed by atoms with Gasteiger partial charge in [-0.3, -0.25) is 14.7 Å². The highest BCUT2D eigenvalue weighted by atomic mass is 16.5. The maximum absolute atomic E-state index is 13.5. The van der Waals surface area contributed by atoms with Crippen molar-refractivity contribution >= 4 is 28.9 Å². The van der Waals surface area contributed by atoms with Crippen molar-refractivity contribution in [2.24, 2.45) is 28.0 Å². The van der Waals surface area contributed by atoms with Gasteiger partial charge in [-0.15, -0.1) is 10.2 Å². The predicted octanol–water partition coefficient (Wildman–Crippen LogP) is 12.2. The van der Waals surface area contributed by atoms with Crippen LogP contribution in [0.5, 0.6) is 0 Å². The second-order valence-corrected chi connectivity index (χ2v) is 15.8. The molecule has 0 saturated heterocycles. The number of amides is 1. The van der Waals surface area contributed by atoms with E-state index in [-0.39, 0.29) is 17.7 Å². The molecule has 55 heavy (non-hydrogen) atoms. The number of unbranched alkanes of at least 4 members (excludes halogenated alkanes) is 9. The number of aromatic amines is 1. The molecular weight excluding hydrogens is 687 g/mol. The lowest BCUT2D eigenvalue weighted by atomic mass is 9.75. The van der Waals surface area contributed by atoms with Gasteiger partial charge in [0.1, 0.15) is 11.8 Å². The predicted molar refractivity (Wildman–Crippen MR) is 222 cm³/mol. The fraction of sp³-hybridized carbons (Fsp3) is 0.500. The summed E-state index contributed by atoms with van der Waals surface area (Å²) < 4.78 is 7.45. The summed E-state index contributed by atoms with van der Waals surface area (Å²) in [5.41, 5.74) is 3.94. The number of aryl methyl sites for hydroxylation is 2. The van der Waals surface area contributed by atoms with Crippen molar-refractivity contribution < 1.29 is 14.3 Å². The second kappa shape index (κ2) is 20.8. The molecule has 1 aliphatic rings. The number of carbonyl (C=O) groups excluding carboxylic acids is 2. The number of anilines is 1. The highest BCUT2D eigenvalue weighted by Crippen LogP contribution is 2.36. The highest BCUT2D eigenvalue weighted by Gasteiger charge is 2.34. The molecule has 0 radical (unpaired) electrons. The van der Waals surface area contributed by atoms with Gasteiger partial charge in [-0.05, 0) is 104 Å². The fourth-order valence-corrected chi connectivity index (χ4v) is 7.66. The molecule has 1 aromatic heterocycles. The van der Waals surface area contributed by atoms with Crippen LogP contribution in [0.1, 0.15) is 143 Å². The van der Waals surface area contributed by atoms with Crippen molar-refractivity contribution in [1.29, 1.82) is 0 Å². The summed E-state index contributed by atoms with van der Waals surface area (Å²) in [4.78, 5) is 39.9. The van der Waals surface area contributed by atoms with E-state index in [9.17, 15) is 14.4 Å². The number of nitrogens with zero attached hydrogens (tertiary/aromatic N) is 3. The Morgan fingerprint density at radius 2 is 1.51 bits per heavy atom.